The van der Waals surface area contributed by atoms with Crippen molar-refractivity contribution in [2.45, 2.75) is 39.5 Å². The van der Waals surface area contributed by atoms with Gasteiger partial charge in [-0.15, -0.1) is 0 Å². The Labute approximate surface area is 189 Å². The van der Waals surface area contributed by atoms with Crippen LogP contribution in [0.25, 0.3) is 5.57 Å². The van der Waals surface area contributed by atoms with Gasteiger partial charge in [-0.05, 0) is 62.4 Å². The van der Waals surface area contributed by atoms with Gasteiger partial charge in [0, 0.05) is 19.2 Å². The van der Waals surface area contributed by atoms with E-state index in [9.17, 15) is 9.59 Å². The SMILES string of the molecule is CCCOc1ccc(C2=C(N3CCCCC3)C(=O)N(c3cccc(OCC)c3)C2=O)cc1. The van der Waals surface area contributed by atoms with E-state index in [-0.39, 0.29) is 11.8 Å². The molecule has 1 fully saturated rings. The minimum absolute atomic E-state index is 0.271. The van der Waals surface area contributed by atoms with Gasteiger partial charge in [-0.2, -0.15) is 0 Å². The quantitative estimate of drug-likeness (QED) is 0.567. The fourth-order valence-corrected chi connectivity index (χ4v) is 4.24. The first-order valence-corrected chi connectivity index (χ1v) is 11.5. The van der Waals surface area contributed by atoms with E-state index < -0.39 is 0 Å². The number of anilines is 1. The van der Waals surface area contributed by atoms with Crippen molar-refractivity contribution >= 4 is 23.1 Å². The second-order valence-electron chi connectivity index (χ2n) is 8.02. The van der Waals surface area contributed by atoms with Crippen LogP contribution in [-0.2, 0) is 9.59 Å². The highest BCUT2D eigenvalue weighted by molar-refractivity contribution is 6.45. The molecule has 2 amide bonds. The normalized spacial score (nSPS) is 16.7. The number of ether oxygens (including phenoxy) is 2. The van der Waals surface area contributed by atoms with Crippen molar-refractivity contribution in [3.8, 4) is 11.5 Å². The minimum Gasteiger partial charge on any atom is -0.494 e. The van der Waals surface area contributed by atoms with Gasteiger partial charge >= 0.3 is 0 Å². The first kappa shape index (κ1) is 21.9. The lowest BCUT2D eigenvalue weighted by Gasteiger charge is -2.29. The third kappa shape index (κ3) is 4.35. The monoisotopic (exact) mass is 434 g/mol. The Balaban J connectivity index is 1.73. The van der Waals surface area contributed by atoms with Gasteiger partial charge in [0.1, 0.15) is 17.2 Å². The molecule has 0 atom stereocenters. The molecule has 168 valence electrons. The number of hydrogen-bond donors (Lipinski definition) is 0. The van der Waals surface area contributed by atoms with E-state index in [1.807, 2.05) is 37.3 Å². The molecule has 2 aromatic carbocycles. The Morgan fingerprint density at radius 1 is 0.844 bits per heavy atom. The summed E-state index contributed by atoms with van der Waals surface area (Å²) in [5.41, 5.74) is 2.22. The smallest absolute Gasteiger partial charge is 0.282 e. The minimum atomic E-state index is -0.300. The number of carbonyl (C=O) groups is 2. The van der Waals surface area contributed by atoms with Crippen LogP contribution < -0.4 is 14.4 Å². The number of rotatable bonds is 8. The van der Waals surface area contributed by atoms with Crippen molar-refractivity contribution in [2.24, 2.45) is 0 Å². The van der Waals surface area contributed by atoms with Gasteiger partial charge in [-0.1, -0.05) is 25.1 Å². The Morgan fingerprint density at radius 2 is 1.59 bits per heavy atom. The van der Waals surface area contributed by atoms with E-state index in [2.05, 4.69) is 11.8 Å². The van der Waals surface area contributed by atoms with Gasteiger partial charge < -0.3 is 14.4 Å². The maximum Gasteiger partial charge on any atom is 0.282 e. The largest absolute Gasteiger partial charge is 0.494 e. The predicted molar refractivity (Wildman–Crippen MR) is 125 cm³/mol. The zero-order chi connectivity index (χ0) is 22.5. The number of benzene rings is 2. The number of nitrogens with zero attached hydrogens (tertiary/aromatic N) is 2. The zero-order valence-electron chi connectivity index (χ0n) is 18.8. The summed E-state index contributed by atoms with van der Waals surface area (Å²) in [5.74, 6) is 0.822. The van der Waals surface area contributed by atoms with Gasteiger partial charge in [0.15, 0.2) is 0 Å². The zero-order valence-corrected chi connectivity index (χ0v) is 18.8. The van der Waals surface area contributed by atoms with Crippen LogP contribution in [0.1, 0.15) is 45.1 Å². The summed E-state index contributed by atoms with van der Waals surface area (Å²) in [4.78, 5) is 30.6. The van der Waals surface area contributed by atoms with Crippen LogP contribution in [0.5, 0.6) is 11.5 Å². The maximum atomic E-state index is 13.6. The van der Waals surface area contributed by atoms with Crippen molar-refractivity contribution in [3.05, 3.63) is 59.8 Å². The fourth-order valence-electron chi connectivity index (χ4n) is 4.24. The predicted octanol–water partition coefficient (Wildman–Crippen LogP) is 4.64. The van der Waals surface area contributed by atoms with E-state index in [0.29, 0.717) is 35.9 Å². The first-order valence-electron chi connectivity index (χ1n) is 11.5. The summed E-state index contributed by atoms with van der Waals surface area (Å²) >= 11 is 0. The third-order valence-corrected chi connectivity index (χ3v) is 5.73. The van der Waals surface area contributed by atoms with Crippen LogP contribution in [0, 0.1) is 0 Å². The number of hydrogen-bond acceptors (Lipinski definition) is 5. The average Bonchev–Trinajstić information content (AvgIpc) is 3.09. The number of carbonyl (C=O) groups excluding carboxylic acids is 2. The Morgan fingerprint density at radius 3 is 2.28 bits per heavy atom. The highest BCUT2D eigenvalue weighted by Gasteiger charge is 2.42. The number of amides is 2. The molecule has 0 spiro atoms. The van der Waals surface area contributed by atoms with E-state index in [1.165, 1.54) is 4.90 Å². The van der Waals surface area contributed by atoms with Crippen LogP contribution in [0.15, 0.2) is 54.2 Å². The molecule has 2 aliphatic heterocycles. The second kappa shape index (κ2) is 9.90. The molecule has 0 radical (unpaired) electrons. The molecule has 32 heavy (non-hydrogen) atoms. The lowest BCUT2D eigenvalue weighted by Crippen LogP contribution is -2.37. The van der Waals surface area contributed by atoms with Crippen LogP contribution in [-0.4, -0.2) is 43.0 Å². The van der Waals surface area contributed by atoms with Crippen molar-refractivity contribution in [1.29, 1.82) is 0 Å². The Hall–Kier alpha value is -3.28. The summed E-state index contributed by atoms with van der Waals surface area (Å²) in [7, 11) is 0. The lowest BCUT2D eigenvalue weighted by atomic mass is 10.0. The topological polar surface area (TPSA) is 59.1 Å². The van der Waals surface area contributed by atoms with E-state index in [4.69, 9.17) is 9.47 Å². The Bertz CT molecular complexity index is 1010. The average molecular weight is 435 g/mol. The van der Waals surface area contributed by atoms with Crippen LogP contribution in [0.4, 0.5) is 5.69 Å². The van der Waals surface area contributed by atoms with Gasteiger partial charge in [-0.3, -0.25) is 9.59 Å². The summed E-state index contributed by atoms with van der Waals surface area (Å²) in [5, 5.41) is 0. The maximum absolute atomic E-state index is 13.6. The second-order valence-corrected chi connectivity index (χ2v) is 8.02. The molecular formula is C26H30N2O4. The molecule has 2 aromatic rings. The van der Waals surface area contributed by atoms with Gasteiger partial charge in [0.2, 0.25) is 0 Å². The summed E-state index contributed by atoms with van der Waals surface area (Å²) in [6, 6.07) is 14.6. The van der Waals surface area contributed by atoms with E-state index in [0.717, 1.165) is 50.1 Å². The first-order chi connectivity index (χ1) is 15.6. The summed E-state index contributed by atoms with van der Waals surface area (Å²) < 4.78 is 11.3. The molecule has 6 heteroatoms. The molecule has 0 bridgehead atoms. The Kier molecular flexibility index (Phi) is 6.78. The van der Waals surface area contributed by atoms with Crippen LogP contribution in [0.3, 0.4) is 0 Å². The van der Waals surface area contributed by atoms with Gasteiger partial charge in [0.05, 0.1) is 24.5 Å². The van der Waals surface area contributed by atoms with Crippen molar-refractivity contribution in [1.82, 2.24) is 4.90 Å². The fraction of sp³-hybridized carbons (Fsp3) is 0.385. The van der Waals surface area contributed by atoms with E-state index >= 15 is 0 Å². The summed E-state index contributed by atoms with van der Waals surface area (Å²) in [6.45, 7) is 6.68. The van der Waals surface area contributed by atoms with Gasteiger partial charge in [0.25, 0.3) is 11.8 Å². The van der Waals surface area contributed by atoms with Crippen LogP contribution >= 0.6 is 0 Å². The molecule has 6 nitrogen and oxygen atoms in total. The summed E-state index contributed by atoms with van der Waals surface area (Å²) in [6.07, 6.45) is 4.10. The molecule has 0 aliphatic carbocycles. The molecule has 2 heterocycles. The molecular weight excluding hydrogens is 404 g/mol. The van der Waals surface area contributed by atoms with Crippen LogP contribution in [0.2, 0.25) is 0 Å². The highest BCUT2D eigenvalue weighted by Crippen LogP contribution is 2.37. The molecule has 0 unspecified atom stereocenters. The molecule has 1 saturated heterocycles. The lowest BCUT2D eigenvalue weighted by molar-refractivity contribution is -0.120. The standard InChI is InChI=1S/C26H30N2O4/c1-3-17-32-21-13-11-19(12-14-21)23-24(27-15-6-5-7-16-27)26(30)28(25(23)29)20-9-8-10-22(18-20)31-4-2/h8-14,18H,3-7,15-17H2,1-2H3. The van der Waals surface area contributed by atoms with E-state index in [1.54, 1.807) is 18.2 Å². The molecule has 0 aromatic heterocycles. The van der Waals surface area contributed by atoms with Crippen molar-refractivity contribution < 1.29 is 19.1 Å². The van der Waals surface area contributed by atoms with Crippen molar-refractivity contribution in [2.75, 3.05) is 31.2 Å². The highest BCUT2D eigenvalue weighted by atomic mass is 16.5. The third-order valence-electron chi connectivity index (χ3n) is 5.73. The molecule has 0 N–H and O–H groups in total. The number of imide groups is 1. The molecule has 0 saturated carbocycles. The van der Waals surface area contributed by atoms with Crippen molar-refractivity contribution in [3.63, 3.8) is 0 Å². The molecule has 2 aliphatic rings. The van der Waals surface area contributed by atoms with Gasteiger partial charge in [-0.25, -0.2) is 4.90 Å². The number of likely N-dealkylation sites (tertiary alicyclic amines) is 1. The number of piperidine rings is 1. The molecule has 4 rings (SSSR count).